The molecule has 2 atom stereocenters. The highest BCUT2D eigenvalue weighted by atomic mass is 32.1. The van der Waals surface area contributed by atoms with Gasteiger partial charge < -0.3 is 10.4 Å². The molecule has 0 saturated carbocycles. The van der Waals surface area contributed by atoms with Crippen LogP contribution in [0.4, 0.5) is 0 Å². The normalized spacial score (nSPS) is 26.1. The molecule has 0 spiro atoms. The molecule has 1 aliphatic heterocycles. The third-order valence-corrected chi connectivity index (χ3v) is 3.25. The van der Waals surface area contributed by atoms with Gasteiger partial charge in [0.15, 0.2) is 0 Å². The Hall–Kier alpha value is -1.36. The van der Waals surface area contributed by atoms with Crippen LogP contribution in [0.5, 0.6) is 0 Å². The van der Waals surface area contributed by atoms with Crippen LogP contribution in [0.2, 0.25) is 0 Å². The summed E-state index contributed by atoms with van der Waals surface area (Å²) in [7, 11) is 0. The van der Waals surface area contributed by atoms with Gasteiger partial charge in [-0.1, -0.05) is 6.07 Å². The number of thiophene rings is 1. The molecule has 2 rings (SSSR count). The highest BCUT2D eigenvalue weighted by Crippen LogP contribution is 2.32. The number of hydrogen-bond acceptors (Lipinski definition) is 3. The quantitative estimate of drug-likeness (QED) is 0.767. The topological polar surface area (TPSA) is 66.4 Å². The van der Waals surface area contributed by atoms with E-state index in [2.05, 4.69) is 5.32 Å². The molecule has 1 aliphatic rings. The van der Waals surface area contributed by atoms with Gasteiger partial charge in [-0.05, 0) is 11.4 Å². The van der Waals surface area contributed by atoms with Crippen LogP contribution in [-0.4, -0.2) is 17.0 Å². The average molecular weight is 211 g/mol. The third-order valence-electron chi connectivity index (χ3n) is 2.29. The van der Waals surface area contributed by atoms with E-state index in [0.717, 1.165) is 4.88 Å². The minimum atomic E-state index is -0.915. The van der Waals surface area contributed by atoms with E-state index in [4.69, 9.17) is 5.11 Å². The minimum absolute atomic E-state index is 0.0812. The van der Waals surface area contributed by atoms with Crippen molar-refractivity contribution in [1.29, 1.82) is 0 Å². The number of aliphatic carboxylic acids is 1. The Morgan fingerprint density at radius 1 is 1.64 bits per heavy atom. The lowest BCUT2D eigenvalue weighted by Crippen LogP contribution is -2.23. The van der Waals surface area contributed by atoms with Crippen LogP contribution < -0.4 is 5.32 Å². The molecular weight excluding hydrogens is 202 g/mol. The monoisotopic (exact) mass is 211 g/mol. The van der Waals surface area contributed by atoms with E-state index in [1.165, 1.54) is 11.3 Å². The Bertz CT molecular complexity index is 360. The Labute approximate surface area is 84.6 Å². The largest absolute Gasteiger partial charge is 0.481 e. The smallest absolute Gasteiger partial charge is 0.309 e. The molecule has 1 saturated heterocycles. The van der Waals surface area contributed by atoms with Crippen LogP contribution in [0.1, 0.15) is 17.3 Å². The highest BCUT2D eigenvalue weighted by molar-refractivity contribution is 7.10. The molecule has 1 aromatic rings. The second-order valence-electron chi connectivity index (χ2n) is 3.21. The summed E-state index contributed by atoms with van der Waals surface area (Å²) >= 11 is 1.47. The van der Waals surface area contributed by atoms with Crippen molar-refractivity contribution >= 4 is 23.2 Å². The molecule has 2 heterocycles. The first-order valence-electron chi connectivity index (χ1n) is 4.24. The molecule has 2 N–H and O–H groups in total. The second-order valence-corrected chi connectivity index (χ2v) is 4.19. The molecule has 0 aromatic carbocycles. The van der Waals surface area contributed by atoms with Crippen molar-refractivity contribution in [3.8, 4) is 0 Å². The second kappa shape index (κ2) is 3.42. The van der Waals surface area contributed by atoms with E-state index < -0.39 is 11.9 Å². The van der Waals surface area contributed by atoms with Crippen molar-refractivity contribution in [2.75, 3.05) is 0 Å². The summed E-state index contributed by atoms with van der Waals surface area (Å²) < 4.78 is 0. The van der Waals surface area contributed by atoms with E-state index in [-0.39, 0.29) is 18.4 Å². The van der Waals surface area contributed by atoms with Crippen molar-refractivity contribution in [3.63, 3.8) is 0 Å². The van der Waals surface area contributed by atoms with Gasteiger partial charge in [0.2, 0.25) is 5.91 Å². The standard InChI is InChI=1S/C9H9NO3S/c11-7-4-5(9(12)13)8(10-7)6-2-1-3-14-6/h1-3,5,8H,4H2,(H,10,11)(H,12,13)/t5-,8-/m1/s1. The third kappa shape index (κ3) is 1.50. The lowest BCUT2D eigenvalue weighted by Gasteiger charge is -2.12. The maximum atomic E-state index is 11.1. The summed E-state index contributed by atoms with van der Waals surface area (Å²) in [6.45, 7) is 0. The molecule has 0 unspecified atom stereocenters. The van der Waals surface area contributed by atoms with Gasteiger partial charge >= 0.3 is 5.97 Å². The van der Waals surface area contributed by atoms with Gasteiger partial charge in [0.1, 0.15) is 0 Å². The number of carbonyl (C=O) groups excluding carboxylic acids is 1. The lowest BCUT2D eigenvalue weighted by atomic mass is 10.00. The van der Waals surface area contributed by atoms with Gasteiger partial charge in [-0.15, -0.1) is 11.3 Å². The van der Waals surface area contributed by atoms with Crippen LogP contribution >= 0.6 is 11.3 Å². The number of rotatable bonds is 2. The Kier molecular flexibility index (Phi) is 2.25. The van der Waals surface area contributed by atoms with Crippen molar-refractivity contribution < 1.29 is 14.7 Å². The van der Waals surface area contributed by atoms with E-state index in [9.17, 15) is 9.59 Å². The van der Waals surface area contributed by atoms with Gasteiger partial charge in [0, 0.05) is 11.3 Å². The average Bonchev–Trinajstić information content (AvgIpc) is 2.70. The van der Waals surface area contributed by atoms with Crippen molar-refractivity contribution in [1.82, 2.24) is 5.32 Å². The highest BCUT2D eigenvalue weighted by Gasteiger charge is 2.38. The predicted molar refractivity (Wildman–Crippen MR) is 50.9 cm³/mol. The number of carbonyl (C=O) groups is 2. The molecule has 1 aromatic heterocycles. The number of hydrogen-bond donors (Lipinski definition) is 2. The van der Waals surface area contributed by atoms with Gasteiger partial charge in [-0.2, -0.15) is 0 Å². The number of amides is 1. The summed E-state index contributed by atoms with van der Waals surface area (Å²) in [6, 6.07) is 3.35. The summed E-state index contributed by atoms with van der Waals surface area (Å²) in [6.07, 6.45) is 0.0812. The Balaban J connectivity index is 2.26. The first kappa shape index (κ1) is 9.21. The Morgan fingerprint density at radius 2 is 2.43 bits per heavy atom. The van der Waals surface area contributed by atoms with E-state index in [0.29, 0.717) is 0 Å². The summed E-state index contributed by atoms with van der Waals surface area (Å²) in [5, 5.41) is 13.5. The molecule has 0 radical (unpaired) electrons. The van der Waals surface area contributed by atoms with Crippen molar-refractivity contribution in [3.05, 3.63) is 22.4 Å². The zero-order valence-corrected chi connectivity index (χ0v) is 8.08. The number of nitrogens with one attached hydrogen (secondary N) is 1. The number of carboxylic acid groups (broad SMARTS) is 1. The van der Waals surface area contributed by atoms with Crippen LogP contribution in [0, 0.1) is 5.92 Å². The van der Waals surface area contributed by atoms with Crippen LogP contribution in [0.25, 0.3) is 0 Å². The first-order chi connectivity index (χ1) is 6.68. The summed E-state index contributed by atoms with van der Waals surface area (Å²) in [5.41, 5.74) is 0. The zero-order valence-electron chi connectivity index (χ0n) is 7.27. The zero-order chi connectivity index (χ0) is 10.1. The van der Waals surface area contributed by atoms with Gasteiger partial charge in [-0.3, -0.25) is 9.59 Å². The van der Waals surface area contributed by atoms with E-state index in [1.807, 2.05) is 17.5 Å². The van der Waals surface area contributed by atoms with E-state index in [1.54, 1.807) is 0 Å². The SMILES string of the molecule is O=C1C[C@@H](C(=O)O)[C@H](c2cccs2)N1. The van der Waals surface area contributed by atoms with E-state index >= 15 is 0 Å². The fraction of sp³-hybridized carbons (Fsp3) is 0.333. The van der Waals surface area contributed by atoms with Crippen molar-refractivity contribution in [2.45, 2.75) is 12.5 Å². The van der Waals surface area contributed by atoms with Crippen LogP contribution in [0.3, 0.4) is 0 Å². The summed E-state index contributed by atoms with van der Waals surface area (Å²) in [4.78, 5) is 22.9. The molecule has 0 bridgehead atoms. The van der Waals surface area contributed by atoms with Gasteiger partial charge in [0.05, 0.1) is 12.0 Å². The lowest BCUT2D eigenvalue weighted by molar-refractivity contribution is -0.142. The molecule has 4 nitrogen and oxygen atoms in total. The van der Waals surface area contributed by atoms with Crippen molar-refractivity contribution in [2.24, 2.45) is 5.92 Å². The predicted octanol–water partition coefficient (Wildman–Crippen LogP) is 1.01. The van der Waals surface area contributed by atoms with Crippen LogP contribution in [-0.2, 0) is 9.59 Å². The Morgan fingerprint density at radius 3 is 3.00 bits per heavy atom. The fourth-order valence-electron chi connectivity index (χ4n) is 1.62. The summed E-state index contributed by atoms with van der Waals surface area (Å²) in [5.74, 6) is -1.72. The minimum Gasteiger partial charge on any atom is -0.481 e. The molecule has 5 heteroatoms. The maximum Gasteiger partial charge on any atom is 0.309 e. The maximum absolute atomic E-state index is 11.1. The fourth-order valence-corrected chi connectivity index (χ4v) is 2.46. The van der Waals surface area contributed by atoms with Gasteiger partial charge in [-0.25, -0.2) is 0 Å². The molecule has 1 amide bonds. The first-order valence-corrected chi connectivity index (χ1v) is 5.12. The number of carboxylic acids is 1. The molecule has 14 heavy (non-hydrogen) atoms. The molecule has 0 aliphatic carbocycles. The van der Waals surface area contributed by atoms with Crippen LogP contribution in [0.15, 0.2) is 17.5 Å². The molecule has 1 fully saturated rings. The molecule has 74 valence electrons. The molecular formula is C9H9NO3S. The van der Waals surface area contributed by atoms with Gasteiger partial charge in [0.25, 0.3) is 0 Å².